The second-order valence-electron chi connectivity index (χ2n) is 8.76. The number of nitrogens with zero attached hydrogens (tertiary/aromatic N) is 1. The van der Waals surface area contributed by atoms with Crippen LogP contribution in [-0.2, 0) is 17.6 Å². The molecule has 1 N–H and O–H groups in total. The number of rotatable bonds is 6. The number of anilines is 1. The number of carbonyl (C=O) groups is 1. The lowest BCUT2D eigenvalue weighted by Gasteiger charge is -2.36. The maximum atomic E-state index is 12.5. The second kappa shape index (κ2) is 8.59. The molecule has 1 amide bonds. The molecule has 1 aromatic carbocycles. The SMILES string of the molecule is CCC(C)(C)[C@H]1CCc2c(sc(NC(=O)COc3cc(C)cc(C)c3)c2C#N)C1. The Bertz CT molecular complexity index is 932. The fourth-order valence-electron chi connectivity index (χ4n) is 4.08. The summed E-state index contributed by atoms with van der Waals surface area (Å²) in [7, 11) is 0. The summed E-state index contributed by atoms with van der Waals surface area (Å²) in [5, 5.41) is 13.3. The average Bonchev–Trinajstić information content (AvgIpc) is 3.01. The van der Waals surface area contributed by atoms with E-state index in [4.69, 9.17) is 4.74 Å². The number of amides is 1. The first kappa shape index (κ1) is 21.4. The van der Waals surface area contributed by atoms with Gasteiger partial charge in [0.15, 0.2) is 6.61 Å². The van der Waals surface area contributed by atoms with Crippen LogP contribution < -0.4 is 10.1 Å². The number of thiophene rings is 1. The Morgan fingerprint density at radius 2 is 2.00 bits per heavy atom. The molecule has 2 aromatic rings. The monoisotopic (exact) mass is 410 g/mol. The minimum Gasteiger partial charge on any atom is -0.484 e. The molecule has 4 nitrogen and oxygen atoms in total. The number of hydrogen-bond acceptors (Lipinski definition) is 4. The zero-order valence-electron chi connectivity index (χ0n) is 18.0. The predicted octanol–water partition coefficient (Wildman–Crippen LogP) is 5.80. The molecule has 5 heteroatoms. The molecule has 0 radical (unpaired) electrons. The van der Waals surface area contributed by atoms with Gasteiger partial charge in [-0.15, -0.1) is 11.3 Å². The third-order valence-corrected chi connectivity index (χ3v) is 7.38. The minimum atomic E-state index is -0.232. The number of fused-ring (bicyclic) bond motifs is 1. The summed E-state index contributed by atoms with van der Waals surface area (Å²) in [6.07, 6.45) is 4.15. The van der Waals surface area contributed by atoms with Crippen LogP contribution in [-0.4, -0.2) is 12.5 Å². The molecule has 1 aliphatic rings. The molecule has 3 rings (SSSR count). The van der Waals surface area contributed by atoms with Gasteiger partial charge in [0.2, 0.25) is 0 Å². The molecule has 1 heterocycles. The van der Waals surface area contributed by atoms with E-state index in [-0.39, 0.29) is 17.9 Å². The van der Waals surface area contributed by atoms with Crippen LogP contribution in [0, 0.1) is 36.5 Å². The third-order valence-electron chi connectivity index (χ3n) is 6.21. The fourth-order valence-corrected chi connectivity index (χ4v) is 5.37. The Hall–Kier alpha value is -2.32. The first-order chi connectivity index (χ1) is 13.7. The van der Waals surface area contributed by atoms with Gasteiger partial charge in [0.05, 0.1) is 5.56 Å². The summed E-state index contributed by atoms with van der Waals surface area (Å²) in [5.74, 6) is 1.07. The summed E-state index contributed by atoms with van der Waals surface area (Å²) in [6.45, 7) is 10.8. The van der Waals surface area contributed by atoms with E-state index in [1.807, 2.05) is 26.0 Å². The molecule has 1 aromatic heterocycles. The molecule has 0 spiro atoms. The molecular formula is C24H30N2O2S. The highest BCUT2D eigenvalue weighted by Gasteiger charge is 2.34. The summed E-state index contributed by atoms with van der Waals surface area (Å²) < 4.78 is 5.66. The van der Waals surface area contributed by atoms with Crippen LogP contribution in [0.1, 0.15) is 60.7 Å². The topological polar surface area (TPSA) is 62.1 Å². The third kappa shape index (κ3) is 4.82. The van der Waals surface area contributed by atoms with Gasteiger partial charge in [0.25, 0.3) is 5.91 Å². The average molecular weight is 411 g/mol. The maximum Gasteiger partial charge on any atom is 0.262 e. The van der Waals surface area contributed by atoms with Crippen LogP contribution in [0.3, 0.4) is 0 Å². The number of carbonyl (C=O) groups excluding carboxylic acids is 1. The van der Waals surface area contributed by atoms with Crippen LogP contribution in [0.25, 0.3) is 0 Å². The van der Waals surface area contributed by atoms with Crippen molar-refractivity contribution in [3.63, 3.8) is 0 Å². The van der Waals surface area contributed by atoms with Gasteiger partial charge in [-0.1, -0.05) is 33.3 Å². The molecule has 0 unspecified atom stereocenters. The van der Waals surface area contributed by atoms with Gasteiger partial charge < -0.3 is 10.1 Å². The van der Waals surface area contributed by atoms with Crippen molar-refractivity contribution in [2.75, 3.05) is 11.9 Å². The standard InChI is InChI=1S/C24H30N2O2S/c1-6-24(4,5)17-7-8-19-20(13-25)23(29-21(19)12-17)26-22(27)14-28-18-10-15(2)9-16(3)11-18/h9-11,17H,6-8,12,14H2,1-5H3,(H,26,27)/t17-/m0/s1. The van der Waals surface area contributed by atoms with Gasteiger partial charge in [-0.2, -0.15) is 5.26 Å². The lowest BCUT2D eigenvalue weighted by atomic mass is 9.69. The van der Waals surface area contributed by atoms with E-state index in [1.54, 1.807) is 11.3 Å². The van der Waals surface area contributed by atoms with Gasteiger partial charge in [0, 0.05) is 4.88 Å². The van der Waals surface area contributed by atoms with Gasteiger partial charge >= 0.3 is 0 Å². The number of nitrogens with one attached hydrogen (secondary N) is 1. The van der Waals surface area contributed by atoms with Gasteiger partial charge in [-0.05, 0) is 73.3 Å². The highest BCUT2D eigenvalue weighted by molar-refractivity contribution is 7.16. The molecule has 0 saturated heterocycles. The number of ether oxygens (including phenoxy) is 1. The smallest absolute Gasteiger partial charge is 0.262 e. The number of benzene rings is 1. The Balaban J connectivity index is 1.70. The van der Waals surface area contributed by atoms with E-state index in [1.165, 1.54) is 4.88 Å². The number of hydrogen-bond donors (Lipinski definition) is 1. The van der Waals surface area contributed by atoms with Crippen LogP contribution >= 0.6 is 11.3 Å². The van der Waals surface area contributed by atoms with Crippen molar-refractivity contribution in [2.24, 2.45) is 11.3 Å². The van der Waals surface area contributed by atoms with E-state index in [0.29, 0.717) is 22.2 Å². The summed E-state index contributed by atoms with van der Waals surface area (Å²) in [5.41, 5.74) is 4.26. The lowest BCUT2D eigenvalue weighted by Crippen LogP contribution is -2.28. The zero-order valence-corrected chi connectivity index (χ0v) is 18.8. The Kier molecular flexibility index (Phi) is 6.33. The molecular weight excluding hydrogens is 380 g/mol. The van der Waals surface area contributed by atoms with Crippen molar-refractivity contribution in [1.82, 2.24) is 0 Å². The molecule has 29 heavy (non-hydrogen) atoms. The minimum absolute atomic E-state index is 0.0676. The van der Waals surface area contributed by atoms with Crippen LogP contribution in [0.4, 0.5) is 5.00 Å². The largest absolute Gasteiger partial charge is 0.484 e. The molecule has 0 aliphatic heterocycles. The van der Waals surface area contributed by atoms with Crippen molar-refractivity contribution < 1.29 is 9.53 Å². The van der Waals surface area contributed by atoms with Crippen molar-refractivity contribution in [3.05, 3.63) is 45.3 Å². The van der Waals surface area contributed by atoms with Crippen LogP contribution in [0.15, 0.2) is 18.2 Å². The number of nitriles is 1. The highest BCUT2D eigenvalue weighted by atomic mass is 32.1. The lowest BCUT2D eigenvalue weighted by molar-refractivity contribution is -0.118. The van der Waals surface area contributed by atoms with Crippen molar-refractivity contribution in [1.29, 1.82) is 5.26 Å². The quantitative estimate of drug-likeness (QED) is 0.655. The fraction of sp³-hybridized carbons (Fsp3) is 0.500. The summed E-state index contributed by atoms with van der Waals surface area (Å²) >= 11 is 1.56. The molecule has 1 atom stereocenters. The first-order valence-corrected chi connectivity index (χ1v) is 11.1. The van der Waals surface area contributed by atoms with Crippen molar-refractivity contribution in [2.45, 2.75) is 60.3 Å². The summed E-state index contributed by atoms with van der Waals surface area (Å²) in [4.78, 5) is 13.7. The van der Waals surface area contributed by atoms with E-state index >= 15 is 0 Å². The van der Waals surface area contributed by atoms with Crippen molar-refractivity contribution in [3.8, 4) is 11.8 Å². The van der Waals surface area contributed by atoms with Gasteiger partial charge in [-0.3, -0.25) is 4.79 Å². The highest BCUT2D eigenvalue weighted by Crippen LogP contribution is 2.45. The van der Waals surface area contributed by atoms with E-state index in [2.05, 4.69) is 38.2 Å². The molecule has 1 aliphatic carbocycles. The van der Waals surface area contributed by atoms with E-state index in [0.717, 1.165) is 42.4 Å². The molecule has 154 valence electrons. The van der Waals surface area contributed by atoms with Crippen molar-refractivity contribution >= 4 is 22.2 Å². The number of aryl methyl sites for hydroxylation is 2. The first-order valence-electron chi connectivity index (χ1n) is 10.3. The van der Waals surface area contributed by atoms with Crippen LogP contribution in [0.5, 0.6) is 5.75 Å². The maximum absolute atomic E-state index is 12.5. The molecule has 0 saturated carbocycles. The molecule has 0 bridgehead atoms. The molecule has 0 fully saturated rings. The van der Waals surface area contributed by atoms with Gasteiger partial charge in [-0.25, -0.2) is 0 Å². The Labute approximate surface area is 177 Å². The predicted molar refractivity (Wildman–Crippen MR) is 119 cm³/mol. The van der Waals surface area contributed by atoms with Crippen LogP contribution in [0.2, 0.25) is 0 Å². The van der Waals surface area contributed by atoms with E-state index in [9.17, 15) is 10.1 Å². The Morgan fingerprint density at radius 1 is 1.31 bits per heavy atom. The summed E-state index contributed by atoms with van der Waals surface area (Å²) in [6, 6.07) is 8.22. The van der Waals surface area contributed by atoms with E-state index < -0.39 is 0 Å². The zero-order chi connectivity index (χ0) is 21.2. The second-order valence-corrected chi connectivity index (χ2v) is 9.87. The Morgan fingerprint density at radius 3 is 2.62 bits per heavy atom. The normalized spacial score (nSPS) is 16.1. The van der Waals surface area contributed by atoms with Gasteiger partial charge in [0.1, 0.15) is 16.8 Å².